The van der Waals surface area contributed by atoms with Crippen molar-refractivity contribution in [2.75, 3.05) is 19.6 Å². The molecule has 0 aliphatic carbocycles. The standard InChI is InChI=1S/C14H20N2O/c1-2-15-13-8-10-16(11-9-13)14(17)12-6-4-3-5-7-12/h3-7,13,15H,2,8-11H2,1H3. The molecule has 3 heteroatoms. The third kappa shape index (κ3) is 3.07. The number of nitrogens with zero attached hydrogens (tertiary/aromatic N) is 1. The van der Waals surface area contributed by atoms with Gasteiger partial charge in [-0.2, -0.15) is 0 Å². The summed E-state index contributed by atoms with van der Waals surface area (Å²) >= 11 is 0. The van der Waals surface area contributed by atoms with E-state index in [4.69, 9.17) is 0 Å². The average Bonchev–Trinajstić information content (AvgIpc) is 2.40. The van der Waals surface area contributed by atoms with Crippen LogP contribution in [0.15, 0.2) is 30.3 Å². The molecule has 1 aliphatic rings. The first kappa shape index (κ1) is 12.1. The minimum absolute atomic E-state index is 0.167. The Hall–Kier alpha value is -1.35. The van der Waals surface area contributed by atoms with Gasteiger partial charge in [-0.05, 0) is 31.5 Å². The lowest BCUT2D eigenvalue weighted by Gasteiger charge is -2.32. The molecule has 1 N–H and O–H groups in total. The smallest absolute Gasteiger partial charge is 0.253 e. The Morgan fingerprint density at radius 3 is 2.53 bits per heavy atom. The number of rotatable bonds is 3. The molecule has 1 amide bonds. The molecule has 0 atom stereocenters. The predicted octanol–water partition coefficient (Wildman–Crippen LogP) is 1.90. The molecule has 0 aromatic heterocycles. The zero-order chi connectivity index (χ0) is 12.1. The minimum atomic E-state index is 0.167. The normalized spacial score (nSPS) is 17.1. The molecule has 3 nitrogen and oxygen atoms in total. The molecule has 1 aliphatic heterocycles. The number of hydrogen-bond acceptors (Lipinski definition) is 2. The number of piperidine rings is 1. The summed E-state index contributed by atoms with van der Waals surface area (Å²) in [6.45, 7) is 4.87. The van der Waals surface area contributed by atoms with Gasteiger partial charge in [-0.1, -0.05) is 25.1 Å². The van der Waals surface area contributed by atoms with E-state index in [-0.39, 0.29) is 5.91 Å². The molecular formula is C14H20N2O. The highest BCUT2D eigenvalue weighted by atomic mass is 16.2. The van der Waals surface area contributed by atoms with Crippen LogP contribution >= 0.6 is 0 Å². The summed E-state index contributed by atoms with van der Waals surface area (Å²) in [6.07, 6.45) is 2.12. The number of amides is 1. The Bertz CT molecular complexity index is 356. The summed E-state index contributed by atoms with van der Waals surface area (Å²) in [7, 11) is 0. The first-order valence-electron chi connectivity index (χ1n) is 6.39. The van der Waals surface area contributed by atoms with Gasteiger partial charge in [0.05, 0.1) is 0 Å². The second kappa shape index (κ2) is 5.82. The molecule has 0 unspecified atom stereocenters. The fraction of sp³-hybridized carbons (Fsp3) is 0.500. The van der Waals surface area contributed by atoms with E-state index >= 15 is 0 Å². The van der Waals surface area contributed by atoms with Crippen LogP contribution in [0.4, 0.5) is 0 Å². The second-order valence-corrected chi connectivity index (χ2v) is 4.49. The molecule has 1 saturated heterocycles. The van der Waals surface area contributed by atoms with Crippen LogP contribution in [-0.2, 0) is 0 Å². The molecule has 0 radical (unpaired) electrons. The largest absolute Gasteiger partial charge is 0.339 e. The lowest BCUT2D eigenvalue weighted by atomic mass is 10.0. The van der Waals surface area contributed by atoms with E-state index in [0.29, 0.717) is 6.04 Å². The molecule has 0 saturated carbocycles. The van der Waals surface area contributed by atoms with E-state index in [1.54, 1.807) is 0 Å². The van der Waals surface area contributed by atoms with Crippen molar-refractivity contribution in [2.45, 2.75) is 25.8 Å². The average molecular weight is 232 g/mol. The van der Waals surface area contributed by atoms with Gasteiger partial charge >= 0.3 is 0 Å². The van der Waals surface area contributed by atoms with Crippen molar-refractivity contribution in [3.63, 3.8) is 0 Å². The summed E-state index contributed by atoms with van der Waals surface area (Å²) in [4.78, 5) is 14.1. The van der Waals surface area contributed by atoms with Gasteiger partial charge in [-0.3, -0.25) is 4.79 Å². The predicted molar refractivity (Wildman–Crippen MR) is 69.0 cm³/mol. The van der Waals surface area contributed by atoms with Gasteiger partial charge in [0.2, 0.25) is 0 Å². The lowest BCUT2D eigenvalue weighted by molar-refractivity contribution is 0.0706. The zero-order valence-electron chi connectivity index (χ0n) is 10.4. The first-order chi connectivity index (χ1) is 8.31. The highest BCUT2D eigenvalue weighted by Crippen LogP contribution is 2.13. The summed E-state index contributed by atoms with van der Waals surface area (Å²) in [6, 6.07) is 10.1. The fourth-order valence-electron chi connectivity index (χ4n) is 2.34. The number of nitrogens with one attached hydrogen (secondary N) is 1. The summed E-state index contributed by atoms with van der Waals surface area (Å²) < 4.78 is 0. The number of carbonyl (C=O) groups excluding carboxylic acids is 1. The van der Waals surface area contributed by atoms with Crippen molar-refractivity contribution in [3.05, 3.63) is 35.9 Å². The van der Waals surface area contributed by atoms with Crippen LogP contribution in [0.5, 0.6) is 0 Å². The molecule has 92 valence electrons. The van der Waals surface area contributed by atoms with E-state index in [1.807, 2.05) is 35.2 Å². The maximum atomic E-state index is 12.2. The summed E-state index contributed by atoms with van der Waals surface area (Å²) in [5.74, 6) is 0.167. The van der Waals surface area contributed by atoms with E-state index in [9.17, 15) is 4.79 Å². The van der Waals surface area contributed by atoms with E-state index in [2.05, 4.69) is 12.2 Å². The Balaban J connectivity index is 1.91. The Kier molecular flexibility index (Phi) is 4.15. The maximum absolute atomic E-state index is 12.2. The Labute approximate surface area is 103 Å². The van der Waals surface area contributed by atoms with Crippen molar-refractivity contribution in [2.24, 2.45) is 0 Å². The van der Waals surface area contributed by atoms with Crippen LogP contribution in [0.1, 0.15) is 30.1 Å². The monoisotopic (exact) mass is 232 g/mol. The number of hydrogen-bond donors (Lipinski definition) is 1. The Morgan fingerprint density at radius 2 is 1.94 bits per heavy atom. The van der Waals surface area contributed by atoms with Crippen molar-refractivity contribution >= 4 is 5.91 Å². The van der Waals surface area contributed by atoms with Gasteiger partial charge in [-0.15, -0.1) is 0 Å². The molecule has 0 bridgehead atoms. The third-order valence-electron chi connectivity index (χ3n) is 3.30. The molecule has 1 aromatic rings. The van der Waals surface area contributed by atoms with Crippen LogP contribution in [-0.4, -0.2) is 36.5 Å². The van der Waals surface area contributed by atoms with Crippen LogP contribution in [0.2, 0.25) is 0 Å². The number of benzene rings is 1. The number of likely N-dealkylation sites (tertiary alicyclic amines) is 1. The molecule has 17 heavy (non-hydrogen) atoms. The zero-order valence-corrected chi connectivity index (χ0v) is 10.4. The van der Waals surface area contributed by atoms with Crippen molar-refractivity contribution < 1.29 is 4.79 Å². The quantitative estimate of drug-likeness (QED) is 0.863. The van der Waals surface area contributed by atoms with Crippen LogP contribution < -0.4 is 5.32 Å². The van der Waals surface area contributed by atoms with Gasteiger partial charge < -0.3 is 10.2 Å². The van der Waals surface area contributed by atoms with Gasteiger partial charge in [0, 0.05) is 24.7 Å². The molecular weight excluding hydrogens is 212 g/mol. The lowest BCUT2D eigenvalue weighted by Crippen LogP contribution is -2.44. The molecule has 1 aromatic carbocycles. The van der Waals surface area contributed by atoms with Crippen LogP contribution in [0.3, 0.4) is 0 Å². The van der Waals surface area contributed by atoms with E-state index in [0.717, 1.165) is 38.0 Å². The molecule has 1 fully saturated rings. The van der Waals surface area contributed by atoms with Gasteiger partial charge in [0.25, 0.3) is 5.91 Å². The van der Waals surface area contributed by atoms with Crippen molar-refractivity contribution in [3.8, 4) is 0 Å². The van der Waals surface area contributed by atoms with Crippen molar-refractivity contribution in [1.29, 1.82) is 0 Å². The molecule has 2 rings (SSSR count). The van der Waals surface area contributed by atoms with Crippen LogP contribution in [0, 0.1) is 0 Å². The van der Waals surface area contributed by atoms with Crippen LogP contribution in [0.25, 0.3) is 0 Å². The minimum Gasteiger partial charge on any atom is -0.339 e. The molecule has 1 heterocycles. The SMILES string of the molecule is CCNC1CCN(C(=O)c2ccccc2)CC1. The maximum Gasteiger partial charge on any atom is 0.253 e. The van der Waals surface area contributed by atoms with E-state index in [1.165, 1.54) is 0 Å². The topological polar surface area (TPSA) is 32.3 Å². The van der Waals surface area contributed by atoms with Crippen molar-refractivity contribution in [1.82, 2.24) is 10.2 Å². The van der Waals surface area contributed by atoms with Gasteiger partial charge in [0.1, 0.15) is 0 Å². The molecule has 0 spiro atoms. The second-order valence-electron chi connectivity index (χ2n) is 4.49. The van der Waals surface area contributed by atoms with Gasteiger partial charge in [-0.25, -0.2) is 0 Å². The Morgan fingerprint density at radius 1 is 1.29 bits per heavy atom. The van der Waals surface area contributed by atoms with E-state index < -0.39 is 0 Å². The highest BCUT2D eigenvalue weighted by Gasteiger charge is 2.22. The summed E-state index contributed by atoms with van der Waals surface area (Å²) in [5, 5.41) is 3.45. The summed E-state index contributed by atoms with van der Waals surface area (Å²) in [5.41, 5.74) is 0.800. The third-order valence-corrected chi connectivity index (χ3v) is 3.30. The number of carbonyl (C=O) groups is 1. The highest BCUT2D eigenvalue weighted by molar-refractivity contribution is 5.94. The first-order valence-corrected chi connectivity index (χ1v) is 6.39. The fourth-order valence-corrected chi connectivity index (χ4v) is 2.34. The van der Waals surface area contributed by atoms with Gasteiger partial charge in [0.15, 0.2) is 0 Å².